The molecule has 0 heterocycles. The minimum atomic E-state index is -4.27. The molecule has 1 saturated carbocycles. The van der Waals surface area contributed by atoms with E-state index >= 15 is 0 Å². The molecule has 236 valence electrons. The van der Waals surface area contributed by atoms with Gasteiger partial charge in [0.25, 0.3) is 10.0 Å². The Morgan fingerprint density at radius 3 is 2.23 bits per heavy atom. The number of ether oxygens (including phenoxy) is 2. The summed E-state index contributed by atoms with van der Waals surface area (Å²) in [5.74, 6) is 0.0256. The van der Waals surface area contributed by atoms with Gasteiger partial charge in [-0.3, -0.25) is 13.9 Å². The molecule has 44 heavy (non-hydrogen) atoms. The van der Waals surface area contributed by atoms with Gasteiger partial charge >= 0.3 is 0 Å². The molecule has 1 N–H and O–H groups in total. The van der Waals surface area contributed by atoms with Gasteiger partial charge < -0.3 is 19.7 Å². The smallest absolute Gasteiger partial charge is 0.264 e. The highest BCUT2D eigenvalue weighted by molar-refractivity contribution is 7.92. The lowest BCUT2D eigenvalue weighted by molar-refractivity contribution is -0.139. The molecule has 2 amide bonds. The third kappa shape index (κ3) is 8.04. The number of nitrogens with one attached hydrogen (secondary N) is 1. The number of carbonyl (C=O) groups excluding carboxylic acids is 2. The van der Waals surface area contributed by atoms with Crippen molar-refractivity contribution >= 4 is 39.1 Å². The van der Waals surface area contributed by atoms with Crippen molar-refractivity contribution in [1.82, 2.24) is 10.2 Å². The lowest BCUT2D eigenvalue weighted by Gasteiger charge is -2.33. The average Bonchev–Trinajstić information content (AvgIpc) is 3.03. The molecule has 0 aliphatic heterocycles. The second-order valence-electron chi connectivity index (χ2n) is 11.0. The zero-order valence-corrected chi connectivity index (χ0v) is 27.2. The molecule has 0 bridgehead atoms. The lowest BCUT2D eigenvalue weighted by atomic mass is 9.95. The Morgan fingerprint density at radius 2 is 1.61 bits per heavy atom. The number of anilines is 1. The van der Waals surface area contributed by atoms with E-state index in [1.54, 1.807) is 50.4 Å². The van der Waals surface area contributed by atoms with Crippen LogP contribution in [0.15, 0.2) is 71.6 Å². The summed E-state index contributed by atoms with van der Waals surface area (Å²) in [6, 6.07) is 17.3. The molecule has 3 aromatic carbocycles. The van der Waals surface area contributed by atoms with E-state index in [0.717, 1.165) is 47.5 Å². The van der Waals surface area contributed by atoms with Crippen LogP contribution in [-0.4, -0.2) is 58.0 Å². The highest BCUT2D eigenvalue weighted by Crippen LogP contribution is 2.35. The molecule has 3 aromatic rings. The third-order valence-corrected chi connectivity index (χ3v) is 9.94. The minimum absolute atomic E-state index is 0.00252. The van der Waals surface area contributed by atoms with Gasteiger partial charge in [-0.1, -0.05) is 60.7 Å². The summed E-state index contributed by atoms with van der Waals surface area (Å²) in [6.07, 6.45) is 5.01. The van der Waals surface area contributed by atoms with Gasteiger partial charge in [-0.05, 0) is 74.7 Å². The standard InChI is InChI=1S/C33H40ClN3O6S/c1-23-10-17-29(18-11-23)44(40,41)37(30-20-26(34)14-19-31(30)43-4)22-32(38)36(21-25-12-15-28(42-3)16-13-25)24(2)33(39)35-27-8-6-5-7-9-27/h10-20,24,27H,5-9,21-22H2,1-4H3,(H,35,39). The highest BCUT2D eigenvalue weighted by Gasteiger charge is 2.34. The van der Waals surface area contributed by atoms with Crippen LogP contribution in [-0.2, 0) is 26.2 Å². The zero-order chi connectivity index (χ0) is 31.9. The van der Waals surface area contributed by atoms with Crippen LogP contribution in [0.3, 0.4) is 0 Å². The molecule has 1 unspecified atom stereocenters. The van der Waals surface area contributed by atoms with Crippen molar-refractivity contribution in [3.05, 3.63) is 82.9 Å². The molecule has 0 saturated heterocycles. The predicted octanol–water partition coefficient (Wildman–Crippen LogP) is 5.73. The number of aryl methyl sites for hydroxylation is 1. The Morgan fingerprint density at radius 1 is 0.955 bits per heavy atom. The van der Waals surface area contributed by atoms with Crippen LogP contribution in [0.4, 0.5) is 5.69 Å². The SMILES string of the molecule is COc1ccc(CN(C(=O)CN(c2cc(Cl)ccc2OC)S(=O)(=O)c2ccc(C)cc2)C(C)C(=O)NC2CCCCC2)cc1. The molecule has 0 spiro atoms. The number of benzene rings is 3. The van der Waals surface area contributed by atoms with Crippen LogP contribution >= 0.6 is 11.6 Å². The van der Waals surface area contributed by atoms with Crippen molar-refractivity contribution in [1.29, 1.82) is 0 Å². The number of halogens is 1. The largest absolute Gasteiger partial charge is 0.497 e. The summed E-state index contributed by atoms with van der Waals surface area (Å²) in [5.41, 5.74) is 1.75. The second kappa shape index (κ2) is 14.8. The predicted molar refractivity (Wildman–Crippen MR) is 172 cm³/mol. The number of nitrogens with zero attached hydrogens (tertiary/aromatic N) is 2. The number of hydrogen-bond donors (Lipinski definition) is 1. The van der Waals surface area contributed by atoms with Gasteiger partial charge in [-0.2, -0.15) is 0 Å². The number of rotatable bonds is 12. The molecule has 1 fully saturated rings. The Kier molecular flexibility index (Phi) is 11.2. The van der Waals surface area contributed by atoms with E-state index in [1.807, 2.05) is 19.1 Å². The molecular formula is C33H40ClN3O6S. The van der Waals surface area contributed by atoms with Crippen molar-refractivity contribution in [2.24, 2.45) is 0 Å². The number of amides is 2. The topological polar surface area (TPSA) is 105 Å². The van der Waals surface area contributed by atoms with E-state index in [9.17, 15) is 18.0 Å². The van der Waals surface area contributed by atoms with Crippen molar-refractivity contribution in [2.45, 2.75) is 69.5 Å². The monoisotopic (exact) mass is 641 g/mol. The molecule has 1 aliphatic rings. The van der Waals surface area contributed by atoms with Crippen LogP contribution in [0.1, 0.15) is 50.2 Å². The van der Waals surface area contributed by atoms with Crippen LogP contribution in [0.2, 0.25) is 5.02 Å². The van der Waals surface area contributed by atoms with Gasteiger partial charge in [0.1, 0.15) is 24.1 Å². The molecule has 1 aliphatic carbocycles. The number of sulfonamides is 1. The van der Waals surface area contributed by atoms with Gasteiger partial charge in [-0.25, -0.2) is 8.42 Å². The maximum Gasteiger partial charge on any atom is 0.264 e. The minimum Gasteiger partial charge on any atom is -0.497 e. The first-order valence-corrected chi connectivity index (χ1v) is 16.5. The van der Waals surface area contributed by atoms with Crippen molar-refractivity contribution < 1.29 is 27.5 Å². The van der Waals surface area contributed by atoms with Crippen LogP contribution in [0, 0.1) is 6.92 Å². The third-order valence-electron chi connectivity index (χ3n) is 7.93. The normalized spacial score (nSPS) is 14.4. The van der Waals surface area contributed by atoms with E-state index in [0.29, 0.717) is 5.75 Å². The highest BCUT2D eigenvalue weighted by atomic mass is 35.5. The second-order valence-corrected chi connectivity index (χ2v) is 13.3. The zero-order valence-electron chi connectivity index (χ0n) is 25.6. The van der Waals surface area contributed by atoms with E-state index in [4.69, 9.17) is 21.1 Å². The van der Waals surface area contributed by atoms with Gasteiger partial charge in [0, 0.05) is 17.6 Å². The lowest BCUT2D eigenvalue weighted by Crippen LogP contribution is -2.53. The molecular weight excluding hydrogens is 602 g/mol. The van der Waals surface area contributed by atoms with Gasteiger partial charge in [0.05, 0.1) is 24.8 Å². The molecule has 0 aromatic heterocycles. The van der Waals surface area contributed by atoms with Crippen LogP contribution < -0.4 is 19.1 Å². The van der Waals surface area contributed by atoms with Crippen molar-refractivity contribution in [3.63, 3.8) is 0 Å². The summed E-state index contributed by atoms with van der Waals surface area (Å²) >= 11 is 6.31. The van der Waals surface area contributed by atoms with Gasteiger partial charge in [0.2, 0.25) is 11.8 Å². The molecule has 0 radical (unpaired) electrons. The fraction of sp³-hybridized carbons (Fsp3) is 0.394. The quantitative estimate of drug-likeness (QED) is 0.271. The number of hydrogen-bond acceptors (Lipinski definition) is 6. The van der Waals surface area contributed by atoms with Crippen molar-refractivity contribution in [3.8, 4) is 11.5 Å². The van der Waals surface area contributed by atoms with E-state index in [2.05, 4.69) is 5.32 Å². The molecule has 4 rings (SSSR count). The molecule has 9 nitrogen and oxygen atoms in total. The fourth-order valence-corrected chi connectivity index (χ4v) is 6.87. The molecule has 11 heteroatoms. The Labute approximate surface area is 265 Å². The van der Waals surface area contributed by atoms with E-state index < -0.39 is 28.5 Å². The first kappa shape index (κ1) is 33.1. The fourth-order valence-electron chi connectivity index (χ4n) is 5.29. The summed E-state index contributed by atoms with van der Waals surface area (Å²) in [5, 5.41) is 3.38. The van der Waals surface area contributed by atoms with Crippen molar-refractivity contribution in [2.75, 3.05) is 25.1 Å². The van der Waals surface area contributed by atoms with Gasteiger partial charge in [0.15, 0.2) is 0 Å². The summed E-state index contributed by atoms with van der Waals surface area (Å²) in [6.45, 7) is 3.00. The number of methoxy groups -OCH3 is 2. The first-order chi connectivity index (χ1) is 21.0. The first-order valence-electron chi connectivity index (χ1n) is 14.7. The summed E-state index contributed by atoms with van der Waals surface area (Å²) in [4.78, 5) is 29.2. The van der Waals surface area contributed by atoms with E-state index in [1.165, 1.54) is 30.2 Å². The maximum atomic E-state index is 14.3. The summed E-state index contributed by atoms with van der Waals surface area (Å²) < 4.78 is 40.0. The van der Waals surface area contributed by atoms with E-state index in [-0.39, 0.29) is 39.8 Å². The van der Waals surface area contributed by atoms with Crippen LogP contribution in [0.25, 0.3) is 0 Å². The Hall–Kier alpha value is -3.76. The average molecular weight is 642 g/mol. The maximum absolute atomic E-state index is 14.3. The summed E-state index contributed by atoms with van der Waals surface area (Å²) in [7, 11) is -1.29. The Bertz CT molecular complexity index is 1540. The number of carbonyl (C=O) groups is 2. The Balaban J connectivity index is 1.72. The molecule has 1 atom stereocenters. The van der Waals surface area contributed by atoms with Crippen LogP contribution in [0.5, 0.6) is 11.5 Å². The van der Waals surface area contributed by atoms with Gasteiger partial charge in [-0.15, -0.1) is 0 Å².